The molecule has 0 spiro atoms. The van der Waals surface area contributed by atoms with Crippen molar-refractivity contribution >= 4 is 73.5 Å². The fraction of sp³-hybridized carbons (Fsp3) is 0.182. The molecular weight excluding hydrogens is 914 g/mol. The van der Waals surface area contributed by atoms with E-state index in [-0.39, 0.29) is 17.5 Å². The molecular formula is C66H58BNS3. The molecule has 7 aromatic carbocycles. The van der Waals surface area contributed by atoms with Gasteiger partial charge in [-0.05, 0) is 151 Å². The lowest BCUT2D eigenvalue weighted by Crippen LogP contribution is -2.54. The molecule has 0 radical (unpaired) electrons. The van der Waals surface area contributed by atoms with E-state index in [9.17, 15) is 0 Å². The SMILES string of the molecule is Cc1cc(C)c(B(c2ccc(-c3ccc(-c4ccc(-c5ccc(N(c6cccc7c6C(C)(C)c6ccccc6-7)c6cccc7c6C(C)(C)c6ccccc6-7)cc5)s4)s3)s2)c2c(C)cc(C)cc2C)c(C)c1. The van der Waals surface area contributed by atoms with Crippen molar-refractivity contribution in [2.45, 2.75) is 80.1 Å². The minimum atomic E-state index is -0.181. The average molecular weight is 972 g/mol. The van der Waals surface area contributed by atoms with Crippen LogP contribution in [0.15, 0.2) is 170 Å². The van der Waals surface area contributed by atoms with Crippen LogP contribution in [0.25, 0.3) is 52.2 Å². The Morgan fingerprint density at radius 1 is 0.380 bits per heavy atom. The van der Waals surface area contributed by atoms with Crippen LogP contribution in [0.5, 0.6) is 0 Å². The van der Waals surface area contributed by atoms with E-state index in [1.807, 2.05) is 34.0 Å². The maximum Gasteiger partial charge on any atom is 0.255 e. The van der Waals surface area contributed by atoms with E-state index in [0.717, 1.165) is 5.69 Å². The number of hydrogen-bond donors (Lipinski definition) is 0. The van der Waals surface area contributed by atoms with Gasteiger partial charge in [0.05, 0.1) is 11.4 Å². The van der Waals surface area contributed by atoms with Gasteiger partial charge in [0.25, 0.3) is 6.71 Å². The Kier molecular flexibility index (Phi) is 11.0. The first-order valence-corrected chi connectivity index (χ1v) is 27.5. The molecule has 0 fully saturated rings. The highest BCUT2D eigenvalue weighted by molar-refractivity contribution is 7.32. The number of nitrogens with zero attached hydrogens (tertiary/aromatic N) is 1. The number of aryl methyl sites for hydroxylation is 6. The number of benzene rings is 7. The minimum absolute atomic E-state index is 0.181. The lowest BCUT2D eigenvalue weighted by molar-refractivity contribution is 0.656. The molecule has 0 atom stereocenters. The number of hydrogen-bond acceptors (Lipinski definition) is 4. The lowest BCUT2D eigenvalue weighted by atomic mass is 9.37. The van der Waals surface area contributed by atoms with E-state index in [0.29, 0.717) is 0 Å². The van der Waals surface area contributed by atoms with Gasteiger partial charge in [0, 0.05) is 40.9 Å². The van der Waals surface area contributed by atoms with Gasteiger partial charge in [0.1, 0.15) is 0 Å². The number of fused-ring (bicyclic) bond motifs is 6. The first-order valence-electron chi connectivity index (χ1n) is 25.0. The monoisotopic (exact) mass is 971 g/mol. The normalized spacial score (nSPS) is 13.7. The molecule has 1 nitrogen and oxygen atoms in total. The molecule has 0 bridgehead atoms. The maximum absolute atomic E-state index is 2.57. The van der Waals surface area contributed by atoms with Crippen LogP contribution in [0, 0.1) is 41.5 Å². The zero-order valence-electron chi connectivity index (χ0n) is 42.4. The molecule has 0 aliphatic heterocycles. The molecule has 2 aliphatic carbocycles. The molecule has 0 N–H and O–H groups in total. The highest BCUT2D eigenvalue weighted by Crippen LogP contribution is 2.58. The molecule has 12 rings (SSSR count). The zero-order valence-corrected chi connectivity index (χ0v) is 44.9. The summed E-state index contributed by atoms with van der Waals surface area (Å²) in [6.07, 6.45) is 0. The van der Waals surface area contributed by atoms with Gasteiger partial charge in [-0.2, -0.15) is 0 Å². The van der Waals surface area contributed by atoms with E-state index < -0.39 is 0 Å². The Hall–Kier alpha value is -6.50. The third-order valence-electron chi connectivity index (χ3n) is 15.7. The van der Waals surface area contributed by atoms with Crippen molar-refractivity contribution in [2.24, 2.45) is 0 Å². The second kappa shape index (κ2) is 17.1. The van der Waals surface area contributed by atoms with Crippen molar-refractivity contribution < 1.29 is 0 Å². The molecule has 0 unspecified atom stereocenters. The van der Waals surface area contributed by atoms with Crippen molar-refractivity contribution in [3.05, 3.63) is 225 Å². The predicted octanol–water partition coefficient (Wildman–Crippen LogP) is 17.3. The van der Waals surface area contributed by atoms with Gasteiger partial charge in [-0.25, -0.2) is 0 Å². The summed E-state index contributed by atoms with van der Waals surface area (Å²) in [6, 6.07) is 64.7. The standard InChI is InChI=1S/C66H58BNS3/c1-39-35-41(3)63(42(4)36-39)67(64-43(5)37-40(2)38-44(64)6)60-34-33-59(71-60)58-32-31-57(70-58)56-30-29-55(69-56)45-25-27-46(28-26-45)68(53-23-15-19-49-47-17-11-13-21-51(47)65(7,8)61(49)53)54-24-16-20-50-48-18-12-14-22-52(48)66(9,10)62(50)54/h11-38H,1-10H3. The summed E-state index contributed by atoms with van der Waals surface area (Å²) in [7, 11) is 0. The first kappa shape index (κ1) is 45.6. The first-order chi connectivity index (χ1) is 34.2. The molecule has 0 saturated heterocycles. The molecule has 2 aliphatic rings. The molecule has 10 aromatic rings. The van der Waals surface area contributed by atoms with Gasteiger partial charge in [-0.15, -0.1) is 34.0 Å². The highest BCUT2D eigenvalue weighted by Gasteiger charge is 2.42. The van der Waals surface area contributed by atoms with Gasteiger partial charge >= 0.3 is 0 Å². The number of anilines is 3. The van der Waals surface area contributed by atoms with Gasteiger partial charge in [-0.3, -0.25) is 0 Å². The summed E-state index contributed by atoms with van der Waals surface area (Å²) in [5.41, 5.74) is 26.3. The van der Waals surface area contributed by atoms with E-state index in [2.05, 4.69) is 244 Å². The van der Waals surface area contributed by atoms with Crippen molar-refractivity contribution in [1.29, 1.82) is 0 Å². The fourth-order valence-electron chi connectivity index (χ4n) is 12.8. The second-order valence-electron chi connectivity index (χ2n) is 21.2. The topological polar surface area (TPSA) is 3.24 Å². The van der Waals surface area contributed by atoms with Crippen molar-refractivity contribution in [2.75, 3.05) is 4.90 Å². The van der Waals surface area contributed by atoms with Crippen LogP contribution in [-0.4, -0.2) is 6.71 Å². The molecule has 71 heavy (non-hydrogen) atoms. The summed E-state index contributed by atoms with van der Waals surface area (Å²) >= 11 is 5.75. The molecule has 0 saturated carbocycles. The van der Waals surface area contributed by atoms with Crippen LogP contribution in [0.1, 0.15) is 83.3 Å². The molecule has 0 amide bonds. The van der Waals surface area contributed by atoms with Crippen LogP contribution in [0.4, 0.5) is 17.1 Å². The number of thiophene rings is 3. The smallest absolute Gasteiger partial charge is 0.255 e. The predicted molar refractivity (Wildman–Crippen MR) is 312 cm³/mol. The number of rotatable bonds is 9. The summed E-state index contributed by atoms with van der Waals surface area (Å²) in [6.45, 7) is 23.4. The molecule has 3 aromatic heterocycles. The van der Waals surface area contributed by atoms with E-state index in [4.69, 9.17) is 0 Å². The molecule has 5 heteroatoms. The van der Waals surface area contributed by atoms with Crippen LogP contribution < -0.4 is 20.6 Å². The van der Waals surface area contributed by atoms with Gasteiger partial charge in [0.2, 0.25) is 0 Å². The Labute approximate surface area is 433 Å². The van der Waals surface area contributed by atoms with Crippen molar-refractivity contribution in [3.63, 3.8) is 0 Å². The maximum atomic E-state index is 2.57. The van der Waals surface area contributed by atoms with Crippen LogP contribution in [-0.2, 0) is 10.8 Å². The minimum Gasteiger partial charge on any atom is -0.310 e. The summed E-state index contributed by atoms with van der Waals surface area (Å²) < 4.78 is 1.40. The van der Waals surface area contributed by atoms with E-state index in [1.54, 1.807) is 0 Å². The van der Waals surface area contributed by atoms with E-state index >= 15 is 0 Å². The summed E-state index contributed by atoms with van der Waals surface area (Å²) in [5, 5.41) is 0. The average Bonchev–Trinajstić information content (AvgIpc) is 4.20. The van der Waals surface area contributed by atoms with Crippen LogP contribution in [0.2, 0.25) is 0 Å². The largest absolute Gasteiger partial charge is 0.310 e. The van der Waals surface area contributed by atoms with Crippen LogP contribution in [0.3, 0.4) is 0 Å². The zero-order chi connectivity index (χ0) is 49.1. The summed E-state index contributed by atoms with van der Waals surface area (Å²) in [5.74, 6) is 0. The van der Waals surface area contributed by atoms with Crippen molar-refractivity contribution in [1.82, 2.24) is 0 Å². The van der Waals surface area contributed by atoms with Gasteiger partial charge in [-0.1, -0.05) is 187 Å². The van der Waals surface area contributed by atoms with E-state index in [1.165, 1.54) is 135 Å². The van der Waals surface area contributed by atoms with Gasteiger partial charge < -0.3 is 4.90 Å². The highest BCUT2D eigenvalue weighted by atomic mass is 32.1. The van der Waals surface area contributed by atoms with Gasteiger partial charge in [0.15, 0.2) is 0 Å². The fourth-order valence-corrected chi connectivity index (χ4v) is 16.1. The Morgan fingerprint density at radius 3 is 1.25 bits per heavy atom. The molecule has 348 valence electrons. The lowest BCUT2D eigenvalue weighted by Gasteiger charge is -2.35. The second-order valence-corrected chi connectivity index (χ2v) is 24.5. The van der Waals surface area contributed by atoms with Crippen LogP contribution >= 0.6 is 34.0 Å². The Bertz CT molecular complexity index is 3530. The third-order valence-corrected chi connectivity index (χ3v) is 19.4. The third kappa shape index (κ3) is 7.37. The Balaban J connectivity index is 0.891. The Morgan fingerprint density at radius 2 is 0.775 bits per heavy atom. The summed E-state index contributed by atoms with van der Waals surface area (Å²) in [4.78, 5) is 9.11. The quantitative estimate of drug-likeness (QED) is 0.130. The van der Waals surface area contributed by atoms with Crippen molar-refractivity contribution in [3.8, 4) is 52.2 Å². The molecule has 3 heterocycles.